The molecule has 0 fully saturated rings. The molecule has 1 N–H and O–H groups in total. The number of carbonyl (C=O) groups is 1. The van der Waals surface area contributed by atoms with Crippen molar-refractivity contribution in [3.05, 3.63) is 29.3 Å². The first-order valence-electron chi connectivity index (χ1n) is 6.08. The Bertz CT molecular complexity index is 384. The van der Waals surface area contributed by atoms with Gasteiger partial charge in [-0.3, -0.25) is 4.79 Å². The van der Waals surface area contributed by atoms with E-state index >= 15 is 0 Å². The van der Waals surface area contributed by atoms with Gasteiger partial charge in [0.05, 0.1) is 6.61 Å². The van der Waals surface area contributed by atoms with Crippen LogP contribution in [-0.4, -0.2) is 28.7 Å². The minimum absolute atomic E-state index is 0.326. The van der Waals surface area contributed by atoms with Crippen LogP contribution in [0.4, 0.5) is 0 Å². The quantitative estimate of drug-likeness (QED) is 0.771. The van der Waals surface area contributed by atoms with Crippen molar-refractivity contribution >= 4 is 17.7 Å². The maximum atomic E-state index is 10.8. The largest absolute Gasteiger partial charge is 0.493 e. The van der Waals surface area contributed by atoms with E-state index < -0.39 is 5.97 Å². The molecule has 1 aromatic carbocycles. The lowest BCUT2D eigenvalue weighted by atomic mass is 10.1. The molecule has 0 aliphatic rings. The molecule has 18 heavy (non-hydrogen) atoms. The molecule has 1 unspecified atom stereocenters. The lowest BCUT2D eigenvalue weighted by Crippen LogP contribution is -2.17. The number of aryl methyl sites for hydroxylation is 2. The maximum absolute atomic E-state index is 10.8. The molecule has 1 rings (SSSR count). The van der Waals surface area contributed by atoms with Crippen molar-refractivity contribution in [1.29, 1.82) is 0 Å². The summed E-state index contributed by atoms with van der Waals surface area (Å²) in [6.45, 7) is 6.49. The number of benzene rings is 1. The van der Waals surface area contributed by atoms with Crippen molar-refractivity contribution in [3.8, 4) is 5.75 Å². The summed E-state index contributed by atoms with van der Waals surface area (Å²) in [6.07, 6.45) is 0.642. The minimum atomic E-state index is -0.742. The molecule has 0 aliphatic carbocycles. The van der Waals surface area contributed by atoms with Gasteiger partial charge in [-0.05, 0) is 43.5 Å². The van der Waals surface area contributed by atoms with Crippen LogP contribution in [0.15, 0.2) is 18.2 Å². The summed E-state index contributed by atoms with van der Waals surface area (Å²) in [7, 11) is 0. The van der Waals surface area contributed by atoms with Gasteiger partial charge in [-0.25, -0.2) is 0 Å². The molecule has 1 aromatic rings. The van der Waals surface area contributed by atoms with Gasteiger partial charge in [-0.2, -0.15) is 0 Å². The van der Waals surface area contributed by atoms with Gasteiger partial charge in [0.2, 0.25) is 0 Å². The molecule has 0 saturated carbocycles. The third-order valence-electron chi connectivity index (χ3n) is 2.51. The molecule has 0 aliphatic heterocycles. The first-order valence-corrected chi connectivity index (χ1v) is 7.13. The molecule has 0 aromatic heterocycles. The molecule has 0 amide bonds. The van der Waals surface area contributed by atoms with E-state index in [2.05, 4.69) is 6.07 Å². The van der Waals surface area contributed by atoms with Crippen LogP contribution in [0.1, 0.15) is 24.5 Å². The first-order chi connectivity index (χ1) is 8.52. The van der Waals surface area contributed by atoms with E-state index in [9.17, 15) is 4.79 Å². The first kappa shape index (κ1) is 14.9. The maximum Gasteiger partial charge on any atom is 0.316 e. The predicted octanol–water partition coefficient (Wildman–Crippen LogP) is 3.28. The second-order valence-corrected chi connectivity index (χ2v) is 5.59. The Kier molecular flexibility index (Phi) is 6.05. The number of carboxylic acid groups (broad SMARTS) is 1. The summed E-state index contributed by atoms with van der Waals surface area (Å²) in [4.78, 5) is 10.8. The van der Waals surface area contributed by atoms with Gasteiger partial charge < -0.3 is 9.84 Å². The Morgan fingerprint density at radius 3 is 2.44 bits per heavy atom. The highest BCUT2D eigenvalue weighted by Gasteiger charge is 2.14. The van der Waals surface area contributed by atoms with Crippen molar-refractivity contribution in [1.82, 2.24) is 0 Å². The molecule has 100 valence electrons. The standard InChI is InChI=1S/C14H20O3S/c1-4-13(14(15)16)18-6-5-17-12-8-10(2)7-11(3)9-12/h7-9,13H,4-6H2,1-3H3,(H,15,16). The van der Waals surface area contributed by atoms with Crippen molar-refractivity contribution in [2.45, 2.75) is 32.4 Å². The zero-order valence-corrected chi connectivity index (χ0v) is 11.9. The third kappa shape index (κ3) is 5.00. The summed E-state index contributed by atoms with van der Waals surface area (Å²) < 4.78 is 5.63. The lowest BCUT2D eigenvalue weighted by molar-refractivity contribution is -0.136. The Balaban J connectivity index is 2.35. The normalized spacial score (nSPS) is 12.2. The van der Waals surface area contributed by atoms with Gasteiger partial charge in [0, 0.05) is 5.75 Å². The SMILES string of the molecule is CCC(SCCOc1cc(C)cc(C)c1)C(=O)O. The summed E-state index contributed by atoms with van der Waals surface area (Å²) in [5, 5.41) is 8.57. The number of thioether (sulfide) groups is 1. The Morgan fingerprint density at radius 2 is 1.94 bits per heavy atom. The summed E-state index contributed by atoms with van der Waals surface area (Å²) in [5.41, 5.74) is 2.35. The van der Waals surface area contributed by atoms with Crippen LogP contribution >= 0.6 is 11.8 Å². The van der Waals surface area contributed by atoms with Crippen LogP contribution in [0.3, 0.4) is 0 Å². The summed E-state index contributed by atoms with van der Waals surface area (Å²) in [5.74, 6) is 0.808. The van der Waals surface area contributed by atoms with Crippen LogP contribution in [-0.2, 0) is 4.79 Å². The number of carboxylic acids is 1. The number of ether oxygens (including phenoxy) is 1. The van der Waals surface area contributed by atoms with E-state index in [4.69, 9.17) is 9.84 Å². The highest BCUT2D eigenvalue weighted by Crippen LogP contribution is 2.18. The molecule has 0 saturated heterocycles. The predicted molar refractivity (Wildman–Crippen MR) is 75.6 cm³/mol. The minimum Gasteiger partial charge on any atom is -0.493 e. The van der Waals surface area contributed by atoms with Gasteiger partial charge in [0.1, 0.15) is 11.0 Å². The summed E-state index contributed by atoms with van der Waals surface area (Å²) in [6, 6.07) is 6.08. The van der Waals surface area contributed by atoms with Crippen LogP contribution in [0.5, 0.6) is 5.75 Å². The van der Waals surface area contributed by atoms with Crippen molar-refractivity contribution in [2.24, 2.45) is 0 Å². The molecular weight excluding hydrogens is 248 g/mol. The summed E-state index contributed by atoms with van der Waals surface area (Å²) >= 11 is 1.43. The van der Waals surface area contributed by atoms with Crippen molar-refractivity contribution < 1.29 is 14.6 Å². The van der Waals surface area contributed by atoms with Gasteiger partial charge in [0.25, 0.3) is 0 Å². The molecule has 0 bridgehead atoms. The number of hydrogen-bond donors (Lipinski definition) is 1. The van der Waals surface area contributed by atoms with Crippen LogP contribution in [0, 0.1) is 13.8 Å². The smallest absolute Gasteiger partial charge is 0.316 e. The van der Waals surface area contributed by atoms with Crippen molar-refractivity contribution in [2.75, 3.05) is 12.4 Å². The molecular formula is C14H20O3S. The zero-order chi connectivity index (χ0) is 13.5. The Labute approximate surface area is 113 Å². The average Bonchev–Trinajstić information content (AvgIpc) is 2.27. The van der Waals surface area contributed by atoms with E-state index in [1.807, 2.05) is 32.9 Å². The fourth-order valence-corrected chi connectivity index (χ4v) is 2.57. The fourth-order valence-electron chi connectivity index (χ4n) is 1.73. The number of aliphatic carboxylic acids is 1. The Morgan fingerprint density at radius 1 is 1.33 bits per heavy atom. The van der Waals surface area contributed by atoms with Gasteiger partial charge in [0.15, 0.2) is 0 Å². The van der Waals surface area contributed by atoms with E-state index in [0.29, 0.717) is 18.8 Å². The third-order valence-corrected chi connectivity index (χ3v) is 3.85. The Hall–Kier alpha value is -1.16. The molecule has 0 spiro atoms. The van der Waals surface area contributed by atoms with Crippen LogP contribution in [0.2, 0.25) is 0 Å². The molecule has 1 atom stereocenters. The average molecular weight is 268 g/mol. The lowest BCUT2D eigenvalue weighted by Gasteiger charge is -2.11. The van der Waals surface area contributed by atoms with E-state index in [1.54, 1.807) is 0 Å². The zero-order valence-electron chi connectivity index (χ0n) is 11.1. The van der Waals surface area contributed by atoms with Crippen LogP contribution in [0.25, 0.3) is 0 Å². The second-order valence-electron chi connectivity index (χ2n) is 4.28. The molecule has 4 heteroatoms. The topological polar surface area (TPSA) is 46.5 Å². The van der Waals surface area contributed by atoms with Gasteiger partial charge in [-0.15, -0.1) is 11.8 Å². The molecule has 3 nitrogen and oxygen atoms in total. The van der Waals surface area contributed by atoms with E-state index in [0.717, 1.165) is 5.75 Å². The van der Waals surface area contributed by atoms with Crippen LogP contribution < -0.4 is 4.74 Å². The van der Waals surface area contributed by atoms with Crippen molar-refractivity contribution in [3.63, 3.8) is 0 Å². The fraction of sp³-hybridized carbons (Fsp3) is 0.500. The highest BCUT2D eigenvalue weighted by atomic mass is 32.2. The van der Waals surface area contributed by atoms with Gasteiger partial charge >= 0.3 is 5.97 Å². The monoisotopic (exact) mass is 268 g/mol. The van der Waals surface area contributed by atoms with E-state index in [-0.39, 0.29) is 5.25 Å². The molecule has 0 radical (unpaired) electrons. The molecule has 0 heterocycles. The second kappa shape index (κ2) is 7.31. The number of rotatable bonds is 7. The van der Waals surface area contributed by atoms with E-state index in [1.165, 1.54) is 22.9 Å². The number of hydrogen-bond acceptors (Lipinski definition) is 3. The highest BCUT2D eigenvalue weighted by molar-refractivity contribution is 8.00. The van der Waals surface area contributed by atoms with Gasteiger partial charge in [-0.1, -0.05) is 13.0 Å².